The Morgan fingerprint density at radius 3 is 1.04 bits per heavy atom. The first-order chi connectivity index (χ1) is 25.4. The van der Waals surface area contributed by atoms with Crippen LogP contribution in [0.5, 0.6) is 0 Å². The standard InChI is InChI=1S/C45H82O5S2/c46-41(29-23-21-27-39(37-51-42-31-15-11-16-32-42)25-13-7-3-1-5-9-19-35-44(47)48)30-24-22-28-40(38-52-43-33-17-12-18-34-43)26-14-8-4-2-6-10-20-36-45(49)50/h39-40,42-43H,1-38H2,(H,47,48)(H,49,50). The lowest BCUT2D eigenvalue weighted by Gasteiger charge is -2.24. The highest BCUT2D eigenvalue weighted by atomic mass is 32.2. The van der Waals surface area contributed by atoms with Crippen LogP contribution in [-0.4, -0.2) is 49.9 Å². The van der Waals surface area contributed by atoms with Crippen molar-refractivity contribution < 1.29 is 24.6 Å². The number of carbonyl (C=O) groups excluding carboxylic acids is 1. The molecule has 0 aromatic heterocycles. The van der Waals surface area contributed by atoms with Crippen LogP contribution in [0, 0.1) is 11.8 Å². The number of carboxylic acid groups (broad SMARTS) is 2. The Morgan fingerprint density at radius 2 is 0.692 bits per heavy atom. The molecule has 2 aliphatic carbocycles. The first kappa shape index (κ1) is 47.5. The van der Waals surface area contributed by atoms with E-state index in [1.54, 1.807) is 0 Å². The molecule has 0 bridgehead atoms. The summed E-state index contributed by atoms with van der Waals surface area (Å²) in [6.07, 6.45) is 42.5. The Bertz CT molecular complexity index is 802. The average molecular weight is 767 g/mol. The molecule has 0 radical (unpaired) electrons. The van der Waals surface area contributed by atoms with E-state index in [4.69, 9.17) is 10.2 Å². The molecular weight excluding hydrogens is 685 g/mol. The van der Waals surface area contributed by atoms with Crippen molar-refractivity contribution in [3.63, 3.8) is 0 Å². The van der Waals surface area contributed by atoms with Crippen molar-refractivity contribution in [3.05, 3.63) is 0 Å². The number of aliphatic carboxylic acids is 2. The van der Waals surface area contributed by atoms with E-state index < -0.39 is 11.9 Å². The molecule has 0 aliphatic heterocycles. The molecule has 2 unspecified atom stereocenters. The van der Waals surface area contributed by atoms with Crippen molar-refractivity contribution in [3.8, 4) is 0 Å². The van der Waals surface area contributed by atoms with Crippen LogP contribution in [0.1, 0.15) is 231 Å². The maximum absolute atomic E-state index is 12.9. The van der Waals surface area contributed by atoms with Crippen LogP contribution in [0.2, 0.25) is 0 Å². The zero-order valence-corrected chi connectivity index (χ0v) is 35.2. The van der Waals surface area contributed by atoms with E-state index in [1.165, 1.54) is 178 Å². The number of hydrogen-bond donors (Lipinski definition) is 2. The van der Waals surface area contributed by atoms with Gasteiger partial charge in [-0.1, -0.05) is 128 Å². The maximum atomic E-state index is 12.9. The number of ketones is 1. The van der Waals surface area contributed by atoms with Crippen molar-refractivity contribution in [2.75, 3.05) is 11.5 Å². The molecule has 2 atom stereocenters. The van der Waals surface area contributed by atoms with Gasteiger partial charge in [0.15, 0.2) is 0 Å². The SMILES string of the molecule is O=C(O)CCCCCCCCCC(CCCCC(=O)CCCCC(CCCCCCCCCC(=O)O)CSC1CCCCC1)CSC1CCCCC1. The lowest BCUT2D eigenvalue weighted by molar-refractivity contribution is -0.138. The van der Waals surface area contributed by atoms with Gasteiger partial charge >= 0.3 is 11.9 Å². The minimum absolute atomic E-state index is 0.315. The summed E-state index contributed by atoms with van der Waals surface area (Å²) in [5.41, 5.74) is 0. The fourth-order valence-electron chi connectivity index (χ4n) is 8.45. The van der Waals surface area contributed by atoms with Crippen molar-refractivity contribution in [1.82, 2.24) is 0 Å². The highest BCUT2D eigenvalue weighted by Gasteiger charge is 2.19. The van der Waals surface area contributed by atoms with E-state index >= 15 is 0 Å². The second-order valence-corrected chi connectivity index (χ2v) is 19.4. The van der Waals surface area contributed by atoms with Crippen LogP contribution in [0.3, 0.4) is 0 Å². The molecular formula is C45H82O5S2. The molecule has 304 valence electrons. The lowest BCUT2D eigenvalue weighted by Crippen LogP contribution is -2.13. The number of thioether (sulfide) groups is 2. The summed E-state index contributed by atoms with van der Waals surface area (Å²) < 4.78 is 0. The summed E-state index contributed by atoms with van der Waals surface area (Å²) in [5, 5.41) is 19.4. The number of hydrogen-bond acceptors (Lipinski definition) is 5. The lowest BCUT2D eigenvalue weighted by atomic mass is 9.94. The van der Waals surface area contributed by atoms with Crippen LogP contribution in [0.4, 0.5) is 0 Å². The Balaban J connectivity index is 1.60. The molecule has 0 saturated heterocycles. The second kappa shape index (κ2) is 33.6. The van der Waals surface area contributed by atoms with Crippen LogP contribution >= 0.6 is 23.5 Å². The fourth-order valence-corrected chi connectivity index (χ4v) is 11.5. The average Bonchev–Trinajstić information content (AvgIpc) is 3.14. The normalized spacial score (nSPS) is 16.9. The summed E-state index contributed by atoms with van der Waals surface area (Å²) in [6, 6.07) is 0. The first-order valence-corrected chi connectivity index (χ1v) is 24.7. The van der Waals surface area contributed by atoms with E-state index in [1.807, 2.05) is 0 Å². The Kier molecular flexibility index (Phi) is 30.7. The zero-order chi connectivity index (χ0) is 37.3. The predicted molar refractivity (Wildman–Crippen MR) is 226 cm³/mol. The molecule has 0 heterocycles. The predicted octanol–water partition coefficient (Wildman–Crippen LogP) is 14.2. The van der Waals surface area contributed by atoms with E-state index in [9.17, 15) is 14.4 Å². The molecule has 2 saturated carbocycles. The molecule has 0 spiro atoms. The number of carbonyl (C=O) groups is 3. The number of carboxylic acids is 2. The smallest absolute Gasteiger partial charge is 0.303 e. The summed E-state index contributed by atoms with van der Waals surface area (Å²) in [5.74, 6) is 3.37. The first-order valence-electron chi connectivity index (χ1n) is 22.6. The highest BCUT2D eigenvalue weighted by Crippen LogP contribution is 2.33. The molecule has 52 heavy (non-hydrogen) atoms. The van der Waals surface area contributed by atoms with Crippen molar-refractivity contribution in [2.24, 2.45) is 11.8 Å². The van der Waals surface area contributed by atoms with Gasteiger partial charge in [-0.2, -0.15) is 23.5 Å². The number of rotatable bonds is 36. The summed E-state index contributed by atoms with van der Waals surface area (Å²) in [7, 11) is 0. The van der Waals surface area contributed by atoms with Gasteiger partial charge in [0.1, 0.15) is 5.78 Å². The van der Waals surface area contributed by atoms with Gasteiger partial charge in [0.25, 0.3) is 0 Å². The van der Waals surface area contributed by atoms with Gasteiger partial charge in [0.05, 0.1) is 0 Å². The Labute approximate surface area is 329 Å². The van der Waals surface area contributed by atoms with Crippen molar-refractivity contribution in [1.29, 1.82) is 0 Å². The van der Waals surface area contributed by atoms with Gasteiger partial charge in [0.2, 0.25) is 0 Å². The third-order valence-corrected chi connectivity index (χ3v) is 15.1. The molecule has 0 aromatic carbocycles. The van der Waals surface area contributed by atoms with Gasteiger partial charge < -0.3 is 10.2 Å². The Morgan fingerprint density at radius 1 is 0.404 bits per heavy atom. The molecule has 2 N–H and O–H groups in total. The minimum atomic E-state index is -0.668. The van der Waals surface area contributed by atoms with Gasteiger partial charge in [-0.15, -0.1) is 0 Å². The Hall–Kier alpha value is -0.690. The largest absolute Gasteiger partial charge is 0.481 e. The second-order valence-electron chi connectivity index (χ2n) is 16.8. The summed E-state index contributed by atoms with van der Waals surface area (Å²) in [6.45, 7) is 0. The summed E-state index contributed by atoms with van der Waals surface area (Å²) in [4.78, 5) is 34.3. The molecule has 7 heteroatoms. The molecule has 0 aromatic rings. The monoisotopic (exact) mass is 767 g/mol. The molecule has 2 rings (SSSR count). The van der Waals surface area contributed by atoms with E-state index in [0.717, 1.165) is 73.7 Å². The zero-order valence-electron chi connectivity index (χ0n) is 33.6. The van der Waals surface area contributed by atoms with Crippen molar-refractivity contribution in [2.45, 2.75) is 242 Å². The van der Waals surface area contributed by atoms with E-state index in [0.29, 0.717) is 18.6 Å². The van der Waals surface area contributed by atoms with E-state index in [2.05, 4.69) is 23.5 Å². The van der Waals surface area contributed by atoms with Gasteiger partial charge in [-0.3, -0.25) is 14.4 Å². The molecule has 5 nitrogen and oxygen atoms in total. The topological polar surface area (TPSA) is 91.7 Å². The van der Waals surface area contributed by atoms with Crippen molar-refractivity contribution >= 4 is 41.2 Å². The van der Waals surface area contributed by atoms with Gasteiger partial charge in [0, 0.05) is 36.2 Å². The molecule has 2 fully saturated rings. The summed E-state index contributed by atoms with van der Waals surface area (Å²) >= 11 is 4.51. The van der Waals surface area contributed by atoms with Gasteiger partial charge in [-0.25, -0.2) is 0 Å². The minimum Gasteiger partial charge on any atom is -0.481 e. The highest BCUT2D eigenvalue weighted by molar-refractivity contribution is 8.00. The molecule has 2 aliphatic rings. The third kappa shape index (κ3) is 28.7. The maximum Gasteiger partial charge on any atom is 0.303 e. The molecule has 0 amide bonds. The number of unbranched alkanes of at least 4 members (excludes halogenated alkanes) is 14. The quantitative estimate of drug-likeness (QED) is 0.0613. The fraction of sp³-hybridized carbons (Fsp3) is 0.933. The van der Waals surface area contributed by atoms with Gasteiger partial charge in [-0.05, 0) is 100 Å². The van der Waals surface area contributed by atoms with Crippen LogP contribution < -0.4 is 0 Å². The van der Waals surface area contributed by atoms with Crippen LogP contribution in [0.25, 0.3) is 0 Å². The van der Waals surface area contributed by atoms with Crippen LogP contribution in [0.15, 0.2) is 0 Å². The van der Waals surface area contributed by atoms with E-state index in [-0.39, 0.29) is 0 Å². The number of Topliss-reactive ketones (excluding diaryl/α,β-unsaturated/α-hetero) is 1. The third-order valence-electron chi connectivity index (χ3n) is 11.9. The van der Waals surface area contributed by atoms with Crippen LogP contribution in [-0.2, 0) is 14.4 Å².